The van der Waals surface area contributed by atoms with E-state index in [9.17, 15) is 52.9 Å². The van der Waals surface area contributed by atoms with Crippen LogP contribution in [0.15, 0.2) is 199 Å². The molecule has 4 amide bonds. The van der Waals surface area contributed by atoms with E-state index in [-0.39, 0.29) is 63.7 Å². The number of carbonyl (C=O) groups excluding carboxylic acids is 4. The van der Waals surface area contributed by atoms with E-state index in [1.165, 1.54) is 39.9 Å². The van der Waals surface area contributed by atoms with Crippen LogP contribution in [0.4, 0.5) is 0 Å². The van der Waals surface area contributed by atoms with Crippen LogP contribution in [0.3, 0.4) is 0 Å². The van der Waals surface area contributed by atoms with E-state index in [2.05, 4.69) is 30.3 Å². The van der Waals surface area contributed by atoms with E-state index in [1.807, 2.05) is 260 Å². The molecule has 0 N–H and O–H groups in total. The van der Waals surface area contributed by atoms with Crippen LogP contribution in [0.25, 0.3) is 54.5 Å². The van der Waals surface area contributed by atoms with Crippen LogP contribution in [0.2, 0.25) is 0 Å². The number of aromatic nitrogens is 12. The van der Waals surface area contributed by atoms with Crippen LogP contribution >= 0.6 is 0 Å². The van der Waals surface area contributed by atoms with E-state index >= 15 is 0 Å². The van der Waals surface area contributed by atoms with Crippen molar-refractivity contribution < 1.29 is 24.0 Å². The lowest BCUT2D eigenvalue weighted by Crippen LogP contribution is -2.39. The first kappa shape index (κ1) is 106. The van der Waals surface area contributed by atoms with Crippen LogP contribution in [-0.2, 0) is 71.9 Å². The number of imidazole rings is 1. The van der Waals surface area contributed by atoms with E-state index < -0.39 is 0 Å². The van der Waals surface area contributed by atoms with Gasteiger partial charge in [-0.2, -0.15) is 5.10 Å². The normalized spacial score (nSPS) is 12.4. The van der Waals surface area contributed by atoms with Crippen molar-refractivity contribution in [1.29, 1.82) is 0 Å². The molecule has 6 aromatic heterocycles. The van der Waals surface area contributed by atoms with Gasteiger partial charge in [-0.3, -0.25) is 56.9 Å². The molecular weight excluding hydrogens is 1530 g/mol. The number of hydrogen-bond donors (Lipinski definition) is 0. The summed E-state index contributed by atoms with van der Waals surface area (Å²) in [4.78, 5) is 142. The summed E-state index contributed by atoms with van der Waals surface area (Å²) in [6.45, 7) is 38.3. The molecule has 0 bridgehead atoms. The second-order valence-electron chi connectivity index (χ2n) is 25.7. The van der Waals surface area contributed by atoms with Gasteiger partial charge in [0.2, 0.25) is 11.8 Å². The molecule has 121 heavy (non-hydrogen) atoms. The number of hydrazine groups is 1. The summed E-state index contributed by atoms with van der Waals surface area (Å²) >= 11 is 0. The minimum Gasteiger partial charge on any atom is -0.344 e. The predicted molar refractivity (Wildman–Crippen MR) is 492 cm³/mol. The van der Waals surface area contributed by atoms with Gasteiger partial charge >= 0.3 is 11.6 Å². The van der Waals surface area contributed by atoms with Crippen LogP contribution < -0.4 is 33.5 Å². The number of nitroso groups, excluding NO2 is 1. The van der Waals surface area contributed by atoms with E-state index in [4.69, 9.17) is 0 Å². The zero-order valence-corrected chi connectivity index (χ0v) is 76.9. The molecule has 654 valence electrons. The Morgan fingerprint density at radius 2 is 0.901 bits per heavy atom. The zero-order chi connectivity index (χ0) is 92.1. The van der Waals surface area contributed by atoms with Gasteiger partial charge in [0.25, 0.3) is 40.2 Å². The third-order valence-electron chi connectivity index (χ3n) is 18.2. The highest BCUT2D eigenvalue weighted by molar-refractivity contribution is 5.97. The molecule has 29 nitrogen and oxygen atoms in total. The number of carbonyl (C=O) groups is 4. The molecule has 0 radical (unpaired) electrons. The zero-order valence-electron chi connectivity index (χ0n) is 76.9. The lowest BCUT2D eigenvalue weighted by Gasteiger charge is -2.24. The third-order valence-corrected chi connectivity index (χ3v) is 18.2. The highest BCUT2D eigenvalue weighted by Gasteiger charge is 2.34. The van der Waals surface area contributed by atoms with Gasteiger partial charge in [0.05, 0.1) is 51.2 Å². The Morgan fingerprint density at radius 3 is 1.46 bits per heavy atom. The van der Waals surface area contributed by atoms with Crippen molar-refractivity contribution in [1.82, 2.24) is 82.2 Å². The largest absolute Gasteiger partial charge is 0.344 e. The monoisotopic (exact) mass is 1660 g/mol. The minimum atomic E-state index is -0.360. The fourth-order valence-electron chi connectivity index (χ4n) is 11.3. The maximum absolute atomic E-state index is 11.7. The highest BCUT2D eigenvalue weighted by atomic mass is 16.3. The summed E-state index contributed by atoms with van der Waals surface area (Å²) in [5.74, 6) is 1.03. The molecular formula is C92H131N18O11+. The number of hydrogen-bond acceptors (Lipinski definition) is 17. The quantitative estimate of drug-likeness (QED) is 0.127. The molecule has 1 fully saturated rings. The van der Waals surface area contributed by atoms with Gasteiger partial charge in [-0.1, -0.05) is 210 Å². The van der Waals surface area contributed by atoms with Crippen LogP contribution in [0.1, 0.15) is 152 Å². The average molecular weight is 1670 g/mol. The Labute approximate surface area is 712 Å². The fraction of sp³-hybridized carbons (Fsp3) is 0.402. The number of amides is 4. The van der Waals surface area contributed by atoms with Crippen molar-refractivity contribution in [3.8, 4) is 0 Å². The smallest absolute Gasteiger partial charge is 0.332 e. The molecule has 0 saturated carbocycles. The first-order valence-corrected chi connectivity index (χ1v) is 41.2. The van der Waals surface area contributed by atoms with Crippen LogP contribution in [0.5, 0.6) is 0 Å². The molecule has 4 aliphatic rings. The van der Waals surface area contributed by atoms with Crippen molar-refractivity contribution in [2.75, 3.05) is 68.0 Å². The number of para-hydroxylation sites is 1. The van der Waals surface area contributed by atoms with Gasteiger partial charge in [-0.05, 0) is 99.8 Å². The van der Waals surface area contributed by atoms with Crippen molar-refractivity contribution >= 4 is 78.1 Å². The average Bonchev–Trinajstić information content (AvgIpc) is 1.63. The Kier molecular flexibility index (Phi) is 48.3. The summed E-state index contributed by atoms with van der Waals surface area (Å²) in [5, 5.41) is 17.5. The Hall–Kier alpha value is -12.8. The molecule has 10 heterocycles. The summed E-state index contributed by atoms with van der Waals surface area (Å²) in [7, 11) is 20.6. The topological polar surface area (TPSA) is 306 Å². The number of aryl methyl sites for hydroxylation is 7. The summed E-state index contributed by atoms with van der Waals surface area (Å²) < 4.78 is 9.86. The van der Waals surface area contributed by atoms with Crippen molar-refractivity contribution in [2.45, 2.75) is 137 Å². The molecule has 1 saturated heterocycles. The number of rotatable bonds is 0. The number of benzene rings is 6. The molecule has 4 aliphatic heterocycles. The van der Waals surface area contributed by atoms with E-state index in [1.54, 1.807) is 120 Å². The molecule has 0 spiro atoms. The van der Waals surface area contributed by atoms with Crippen molar-refractivity contribution in [3.05, 3.63) is 277 Å². The van der Waals surface area contributed by atoms with Gasteiger partial charge in [-0.15, -0.1) is 5.10 Å². The second-order valence-corrected chi connectivity index (χ2v) is 25.7. The summed E-state index contributed by atoms with van der Waals surface area (Å²) in [5.41, 5.74) is 6.87. The SMILES string of the molecule is CC.CC.CC.CC.CC.CC.CC.CN1C(=O)c2ccccc2C[N+]1=O.CN1CC=CC1=O.CN1CCC(=O)N(C)CC1.CN1CCc2ccccc2C1=O.Cc1cc2ccccc2c(=O)n1C.Cc1nc2ccccc2c(=O)n1C.Cc1nn(C)c(=O)c2ccccc12.Cn1c(=O)c2c(ncn2C)n(C)c1=O.Cn1nnc2ccccc2c1=O. The van der Waals surface area contributed by atoms with E-state index in [0.29, 0.717) is 44.3 Å². The van der Waals surface area contributed by atoms with Crippen LogP contribution in [-0.4, -0.2) is 179 Å². The number of nitrogens with zero attached hydrogens (tertiary/aromatic N) is 18. The van der Waals surface area contributed by atoms with E-state index in [0.717, 1.165) is 104 Å². The van der Waals surface area contributed by atoms with Gasteiger partial charge in [0, 0.05) is 143 Å². The van der Waals surface area contributed by atoms with Gasteiger partial charge < -0.3 is 28.7 Å². The fourth-order valence-corrected chi connectivity index (χ4v) is 11.3. The molecule has 0 unspecified atom stereocenters. The predicted octanol–water partition coefficient (Wildman–Crippen LogP) is 12.9. The molecule has 29 heteroatoms. The summed E-state index contributed by atoms with van der Waals surface area (Å²) in [6.07, 6.45) is 6.61. The molecule has 0 atom stereocenters. The summed E-state index contributed by atoms with van der Waals surface area (Å²) in [6, 6.07) is 46.7. The molecule has 16 rings (SSSR count). The van der Waals surface area contributed by atoms with Crippen LogP contribution in [0, 0.1) is 25.7 Å². The van der Waals surface area contributed by atoms with Gasteiger partial charge in [-0.25, -0.2) is 24.1 Å². The third kappa shape index (κ3) is 29.6. The Morgan fingerprint density at radius 1 is 0.413 bits per heavy atom. The number of pyridine rings is 1. The Balaban J connectivity index is 0.000000670. The standard InChI is InChI=1S/C11H11NO.2C10H10N2O.C10H11NO.C9H9N2O2.C8H10N4O2.C8H7N3O.C7H14N2O.C5H7NO.7C2H6/c1-8-7-9-5-3-4-6-10(9)11(13)12(8)2;1-7-11-9-6-4-3-5-8(9)10(13)12(7)2;1-7-8-5-3-4-6-9(8)10(13)12(2)11-7;1-11-7-6-8-4-2-3-5-9(8)10(11)12;1-10-9(12)8-5-3-2-4-7(8)6-11(10)13;1-10-4-9-6-5(10)7(13)12(3)8(14)11(6)2;1-11-8(12)6-4-2-3-5-7(6)9-10-11;1-8-4-3-7(10)9(2)6-5-8;1-6-4-2-3-5(6)7;7*1-2/h3-7H,1-2H3;2*3-6H,1-2H3;2-5H,6-7H2,1H3;2-5H,6H2,1H3;4H,1-3H3;2-5H,1H3;3-6H2,1-2H3;2-3H,4H2,1H3;7*1-2H3/q;;;;+1;;;;;;;;;;;. The lowest BCUT2D eigenvalue weighted by molar-refractivity contribution is -0.697. The lowest BCUT2D eigenvalue weighted by atomic mass is 10.00. The molecule has 6 aromatic carbocycles. The minimum absolute atomic E-state index is 0.0168. The Bertz CT molecular complexity index is 5640. The van der Waals surface area contributed by atoms with Gasteiger partial charge in [0.15, 0.2) is 11.2 Å². The first-order chi connectivity index (χ1) is 57.9. The van der Waals surface area contributed by atoms with Crippen molar-refractivity contribution in [3.63, 3.8) is 0 Å². The molecule has 12 aromatic rings. The maximum atomic E-state index is 11.7. The second kappa shape index (κ2) is 55.1. The number of likely N-dealkylation sites (N-methyl/N-ethyl adjacent to an activating group) is 4. The molecule has 0 aliphatic carbocycles. The maximum Gasteiger partial charge on any atom is 0.332 e. The highest BCUT2D eigenvalue weighted by Crippen LogP contribution is 2.19. The number of fused-ring (bicyclic) bond motifs is 7. The van der Waals surface area contributed by atoms with Crippen molar-refractivity contribution in [2.24, 2.45) is 49.3 Å². The first-order valence-electron chi connectivity index (χ1n) is 41.2. The van der Waals surface area contributed by atoms with Gasteiger partial charge in [0.1, 0.15) is 16.2 Å².